The Bertz CT molecular complexity index is 1560. The number of H-pyrrole nitrogens is 1. The zero-order chi connectivity index (χ0) is 31.5. The number of carbonyl (C=O) groups is 3. The summed E-state index contributed by atoms with van der Waals surface area (Å²) in [6.45, 7) is 12.4. The van der Waals surface area contributed by atoms with Gasteiger partial charge in [0.1, 0.15) is 11.3 Å². The van der Waals surface area contributed by atoms with E-state index in [4.69, 9.17) is 4.74 Å². The maximum absolute atomic E-state index is 13.6. The standard InChI is InChI=1S/C33H41N5O5/c1-20-14-21(2)36-31(41)28(20)18-35-30(40)27-15-24(23-8-9-25(19-39)34-17-23)16-29(22(27)3)37(7)26-10-12-38(13-11-26)32(42)43-33(4,5)6/h8-9,14-17,19,26H,10-13,18H2,1-7H3,(H,35,40)(H,36,41). The molecule has 2 amide bonds. The van der Waals surface area contributed by atoms with E-state index >= 15 is 0 Å². The molecule has 2 aromatic heterocycles. The van der Waals surface area contributed by atoms with Crippen LogP contribution in [0.15, 0.2) is 41.3 Å². The Balaban J connectivity index is 1.63. The molecule has 1 aliphatic heterocycles. The van der Waals surface area contributed by atoms with Crippen LogP contribution in [0.2, 0.25) is 0 Å². The van der Waals surface area contributed by atoms with Crippen LogP contribution in [0.4, 0.5) is 10.5 Å². The Morgan fingerprint density at radius 2 is 1.81 bits per heavy atom. The van der Waals surface area contributed by atoms with Gasteiger partial charge in [0.05, 0.1) is 0 Å². The Kier molecular flexibility index (Phi) is 9.37. The molecular weight excluding hydrogens is 546 g/mol. The number of carbonyl (C=O) groups excluding carboxylic acids is 3. The molecule has 228 valence electrons. The van der Waals surface area contributed by atoms with Crippen LogP contribution in [0, 0.1) is 20.8 Å². The highest BCUT2D eigenvalue weighted by atomic mass is 16.6. The predicted molar refractivity (Wildman–Crippen MR) is 167 cm³/mol. The molecule has 4 rings (SSSR count). The summed E-state index contributed by atoms with van der Waals surface area (Å²) in [6.07, 6.45) is 3.49. The molecule has 0 saturated carbocycles. The Hall–Kier alpha value is -4.47. The highest BCUT2D eigenvalue weighted by Crippen LogP contribution is 2.33. The van der Waals surface area contributed by atoms with Crippen molar-refractivity contribution in [3.63, 3.8) is 0 Å². The van der Waals surface area contributed by atoms with Gasteiger partial charge in [0, 0.05) is 67.0 Å². The third-order valence-electron chi connectivity index (χ3n) is 7.83. The number of piperidine rings is 1. The molecule has 0 bridgehead atoms. The minimum atomic E-state index is -0.552. The van der Waals surface area contributed by atoms with E-state index < -0.39 is 5.60 Å². The van der Waals surface area contributed by atoms with Gasteiger partial charge >= 0.3 is 6.09 Å². The molecule has 3 heterocycles. The minimum Gasteiger partial charge on any atom is -0.444 e. The van der Waals surface area contributed by atoms with Crippen LogP contribution in [0.1, 0.15) is 76.8 Å². The maximum Gasteiger partial charge on any atom is 0.410 e. The van der Waals surface area contributed by atoms with E-state index in [1.165, 1.54) is 0 Å². The second-order valence-corrected chi connectivity index (χ2v) is 12.2. The molecule has 0 spiro atoms. The van der Waals surface area contributed by atoms with Gasteiger partial charge < -0.3 is 24.8 Å². The number of nitrogens with zero attached hydrogens (tertiary/aromatic N) is 3. The summed E-state index contributed by atoms with van der Waals surface area (Å²) < 4.78 is 5.56. The molecule has 1 fully saturated rings. The second-order valence-electron chi connectivity index (χ2n) is 12.2. The lowest BCUT2D eigenvalue weighted by molar-refractivity contribution is 0.0205. The quantitative estimate of drug-likeness (QED) is 0.375. The molecule has 10 heteroatoms. The molecule has 1 aromatic carbocycles. The van der Waals surface area contributed by atoms with E-state index in [0.717, 1.165) is 46.5 Å². The number of pyridine rings is 2. The van der Waals surface area contributed by atoms with Gasteiger partial charge in [-0.1, -0.05) is 6.07 Å². The number of aldehydes is 1. The van der Waals surface area contributed by atoms with Gasteiger partial charge in [0.15, 0.2) is 6.29 Å². The number of anilines is 1. The van der Waals surface area contributed by atoms with E-state index in [2.05, 4.69) is 20.2 Å². The van der Waals surface area contributed by atoms with Crippen molar-refractivity contribution in [3.05, 3.63) is 80.5 Å². The van der Waals surface area contributed by atoms with Crippen LogP contribution in [0.3, 0.4) is 0 Å². The first-order valence-corrected chi connectivity index (χ1v) is 14.5. The molecular formula is C33H41N5O5. The fraction of sp³-hybridized carbons (Fsp3) is 0.424. The SMILES string of the molecule is Cc1cc(C)c(CNC(=O)c2cc(-c3ccc(C=O)nc3)cc(N(C)C3CCN(C(=O)OC(C)(C)C)CC3)c2C)c(=O)[nH]1. The zero-order valence-electron chi connectivity index (χ0n) is 26.0. The zero-order valence-corrected chi connectivity index (χ0v) is 26.0. The first kappa shape index (κ1) is 31.5. The Morgan fingerprint density at radius 1 is 1.12 bits per heavy atom. The van der Waals surface area contributed by atoms with Gasteiger partial charge in [0.25, 0.3) is 11.5 Å². The van der Waals surface area contributed by atoms with E-state index in [0.29, 0.717) is 36.2 Å². The van der Waals surface area contributed by atoms with Crippen molar-refractivity contribution in [2.75, 3.05) is 25.0 Å². The fourth-order valence-electron chi connectivity index (χ4n) is 5.44. The molecule has 0 unspecified atom stereocenters. The summed E-state index contributed by atoms with van der Waals surface area (Å²) >= 11 is 0. The number of benzene rings is 1. The van der Waals surface area contributed by atoms with Crippen LogP contribution in [-0.4, -0.2) is 64.9 Å². The van der Waals surface area contributed by atoms with Crippen molar-refractivity contribution in [2.45, 2.75) is 72.6 Å². The molecule has 0 aliphatic carbocycles. The van der Waals surface area contributed by atoms with Crippen molar-refractivity contribution in [2.24, 2.45) is 0 Å². The van der Waals surface area contributed by atoms with Gasteiger partial charge in [-0.15, -0.1) is 0 Å². The van der Waals surface area contributed by atoms with Crippen molar-refractivity contribution in [1.82, 2.24) is 20.2 Å². The van der Waals surface area contributed by atoms with Gasteiger partial charge in [0.2, 0.25) is 0 Å². The van der Waals surface area contributed by atoms with Gasteiger partial charge in [-0.2, -0.15) is 0 Å². The number of aryl methyl sites for hydroxylation is 2. The highest BCUT2D eigenvalue weighted by molar-refractivity contribution is 5.99. The lowest BCUT2D eigenvalue weighted by Crippen LogP contribution is -2.47. The summed E-state index contributed by atoms with van der Waals surface area (Å²) in [7, 11) is 2.00. The number of ether oxygens (including phenoxy) is 1. The number of amides is 2. The Morgan fingerprint density at radius 3 is 2.40 bits per heavy atom. The van der Waals surface area contributed by atoms with Crippen LogP contribution < -0.4 is 15.8 Å². The predicted octanol–water partition coefficient (Wildman–Crippen LogP) is 4.94. The average molecular weight is 588 g/mol. The molecule has 43 heavy (non-hydrogen) atoms. The molecule has 10 nitrogen and oxygen atoms in total. The van der Waals surface area contributed by atoms with E-state index in [9.17, 15) is 19.2 Å². The van der Waals surface area contributed by atoms with Gasteiger partial charge in [-0.25, -0.2) is 4.79 Å². The number of rotatable bonds is 7. The summed E-state index contributed by atoms with van der Waals surface area (Å²) in [5.41, 5.74) is 5.33. The van der Waals surface area contributed by atoms with Crippen molar-refractivity contribution < 1.29 is 19.1 Å². The summed E-state index contributed by atoms with van der Waals surface area (Å²) in [5, 5.41) is 2.94. The first-order valence-electron chi connectivity index (χ1n) is 14.5. The fourth-order valence-corrected chi connectivity index (χ4v) is 5.44. The summed E-state index contributed by atoms with van der Waals surface area (Å²) in [5.74, 6) is -0.300. The van der Waals surface area contributed by atoms with Gasteiger partial charge in [-0.05, 0) is 95.3 Å². The highest BCUT2D eigenvalue weighted by Gasteiger charge is 2.30. The monoisotopic (exact) mass is 587 g/mol. The number of hydrogen-bond acceptors (Lipinski definition) is 7. The molecule has 0 radical (unpaired) electrons. The Labute approximate surface area is 252 Å². The van der Waals surface area contributed by atoms with E-state index in [1.807, 2.05) is 66.8 Å². The summed E-state index contributed by atoms with van der Waals surface area (Å²) in [6, 6.07) is 9.31. The lowest BCUT2D eigenvalue weighted by Gasteiger charge is -2.39. The third-order valence-corrected chi connectivity index (χ3v) is 7.83. The largest absolute Gasteiger partial charge is 0.444 e. The van der Waals surface area contributed by atoms with Crippen molar-refractivity contribution in [1.29, 1.82) is 0 Å². The second kappa shape index (κ2) is 12.8. The number of aromatic amines is 1. The van der Waals surface area contributed by atoms with E-state index in [-0.39, 0.29) is 30.1 Å². The first-order chi connectivity index (χ1) is 20.3. The molecule has 0 atom stereocenters. The van der Waals surface area contributed by atoms with Crippen LogP contribution in [0.25, 0.3) is 11.1 Å². The minimum absolute atomic E-state index is 0.0911. The average Bonchev–Trinajstić information content (AvgIpc) is 2.95. The van der Waals surface area contributed by atoms with Crippen LogP contribution in [0.5, 0.6) is 0 Å². The van der Waals surface area contributed by atoms with E-state index in [1.54, 1.807) is 23.2 Å². The normalized spacial score (nSPS) is 13.9. The smallest absolute Gasteiger partial charge is 0.410 e. The van der Waals surface area contributed by atoms with Crippen molar-refractivity contribution in [3.8, 4) is 11.1 Å². The lowest BCUT2D eigenvalue weighted by atomic mass is 9.95. The van der Waals surface area contributed by atoms with Crippen LogP contribution in [-0.2, 0) is 11.3 Å². The molecule has 3 aromatic rings. The molecule has 1 saturated heterocycles. The number of likely N-dealkylation sites (tertiary alicyclic amines) is 1. The number of aromatic nitrogens is 2. The molecule has 2 N–H and O–H groups in total. The van der Waals surface area contributed by atoms with Gasteiger partial charge in [-0.3, -0.25) is 19.4 Å². The summed E-state index contributed by atoms with van der Waals surface area (Å²) in [4.78, 5) is 60.9. The van der Waals surface area contributed by atoms with Crippen LogP contribution >= 0.6 is 0 Å². The topological polar surface area (TPSA) is 125 Å². The third kappa shape index (κ3) is 7.49. The van der Waals surface area contributed by atoms with Crippen molar-refractivity contribution >= 4 is 24.0 Å². The number of hydrogen-bond donors (Lipinski definition) is 2. The maximum atomic E-state index is 13.6. The molecule has 1 aliphatic rings. The number of nitrogens with one attached hydrogen (secondary N) is 2.